The molecule has 2 aliphatic rings. The molecule has 1 aliphatic carbocycles. The van der Waals surface area contributed by atoms with Crippen LogP contribution >= 0.6 is 11.8 Å². The number of nitrogens with zero attached hydrogens (tertiary/aromatic N) is 1. The smallest absolute Gasteiger partial charge is 0.0366 e. The first-order chi connectivity index (χ1) is 9.81. The van der Waals surface area contributed by atoms with Gasteiger partial charge in [-0.1, -0.05) is 12.1 Å². The number of rotatable bonds is 6. The lowest BCUT2D eigenvalue weighted by Gasteiger charge is -2.28. The zero-order chi connectivity index (χ0) is 13.8. The summed E-state index contributed by atoms with van der Waals surface area (Å²) in [5, 5.41) is 3.62. The summed E-state index contributed by atoms with van der Waals surface area (Å²) < 4.78 is 0.563. The maximum Gasteiger partial charge on any atom is 0.0366 e. The predicted octanol–water partition coefficient (Wildman–Crippen LogP) is 3.66. The molecule has 0 spiro atoms. The first-order valence-corrected chi connectivity index (χ1v) is 9.14. The molecule has 0 amide bonds. The van der Waals surface area contributed by atoms with Crippen molar-refractivity contribution >= 4 is 17.4 Å². The zero-order valence-electron chi connectivity index (χ0n) is 12.5. The van der Waals surface area contributed by atoms with Gasteiger partial charge in [0.1, 0.15) is 0 Å². The van der Waals surface area contributed by atoms with Crippen LogP contribution in [-0.4, -0.2) is 30.6 Å². The quantitative estimate of drug-likeness (QED) is 0.860. The summed E-state index contributed by atoms with van der Waals surface area (Å²) in [6.07, 6.45) is 9.10. The molecule has 2 fully saturated rings. The summed E-state index contributed by atoms with van der Waals surface area (Å²) in [5.41, 5.74) is 2.80. The summed E-state index contributed by atoms with van der Waals surface area (Å²) in [6.45, 7) is 4.62. The van der Waals surface area contributed by atoms with Gasteiger partial charge in [0, 0.05) is 36.6 Å². The number of benzene rings is 1. The van der Waals surface area contributed by atoms with E-state index in [1.54, 1.807) is 0 Å². The van der Waals surface area contributed by atoms with Crippen molar-refractivity contribution in [3.05, 3.63) is 29.8 Å². The molecule has 0 atom stereocenters. The van der Waals surface area contributed by atoms with E-state index in [0.717, 1.165) is 13.1 Å². The number of nitrogens with one attached hydrogen (secondary N) is 1. The van der Waals surface area contributed by atoms with Crippen molar-refractivity contribution in [2.75, 3.05) is 30.8 Å². The van der Waals surface area contributed by atoms with E-state index in [1.807, 2.05) is 11.8 Å². The number of thioether (sulfide) groups is 1. The normalized spacial score (nSPS) is 20.9. The average Bonchev–Trinajstić information content (AvgIpc) is 3.29. The molecule has 1 saturated carbocycles. The van der Waals surface area contributed by atoms with Crippen LogP contribution in [0.15, 0.2) is 24.3 Å². The fourth-order valence-electron chi connectivity index (χ4n) is 3.00. The zero-order valence-corrected chi connectivity index (χ0v) is 13.3. The van der Waals surface area contributed by atoms with Crippen LogP contribution in [0.5, 0.6) is 0 Å². The third-order valence-corrected chi connectivity index (χ3v) is 6.09. The molecule has 1 heterocycles. The van der Waals surface area contributed by atoms with Gasteiger partial charge in [0.15, 0.2) is 0 Å². The van der Waals surface area contributed by atoms with Crippen LogP contribution in [0.1, 0.15) is 37.7 Å². The van der Waals surface area contributed by atoms with Crippen LogP contribution in [0.3, 0.4) is 0 Å². The third-order valence-electron chi connectivity index (χ3n) is 4.67. The summed E-state index contributed by atoms with van der Waals surface area (Å²) >= 11 is 2.03. The lowest BCUT2D eigenvalue weighted by Crippen LogP contribution is -2.29. The molecule has 1 saturated heterocycles. The Morgan fingerprint density at radius 3 is 2.40 bits per heavy atom. The largest absolute Gasteiger partial charge is 0.372 e. The molecule has 1 aromatic carbocycles. The Morgan fingerprint density at radius 1 is 1.10 bits per heavy atom. The molecule has 110 valence electrons. The average molecular weight is 290 g/mol. The fraction of sp³-hybridized carbons (Fsp3) is 0.647. The lowest BCUT2D eigenvalue weighted by molar-refractivity contribution is 0.577. The molecule has 3 rings (SSSR count). The van der Waals surface area contributed by atoms with Crippen molar-refractivity contribution in [3.8, 4) is 0 Å². The predicted molar refractivity (Wildman–Crippen MR) is 89.7 cm³/mol. The van der Waals surface area contributed by atoms with E-state index >= 15 is 0 Å². The van der Waals surface area contributed by atoms with E-state index in [4.69, 9.17) is 0 Å². The van der Waals surface area contributed by atoms with Crippen LogP contribution in [0.2, 0.25) is 0 Å². The van der Waals surface area contributed by atoms with Gasteiger partial charge in [0.2, 0.25) is 0 Å². The molecule has 1 aromatic rings. The second kappa shape index (κ2) is 6.40. The highest BCUT2D eigenvalue weighted by atomic mass is 32.2. The van der Waals surface area contributed by atoms with Gasteiger partial charge in [-0.05, 0) is 56.1 Å². The van der Waals surface area contributed by atoms with Gasteiger partial charge in [0.05, 0.1) is 0 Å². The minimum atomic E-state index is 0.563. The van der Waals surface area contributed by atoms with Crippen LogP contribution in [-0.2, 0) is 6.54 Å². The van der Waals surface area contributed by atoms with E-state index in [1.165, 1.54) is 56.4 Å². The third kappa shape index (κ3) is 3.50. The monoisotopic (exact) mass is 290 g/mol. The summed E-state index contributed by atoms with van der Waals surface area (Å²) in [5.74, 6) is 0. The minimum absolute atomic E-state index is 0.563. The van der Waals surface area contributed by atoms with Crippen molar-refractivity contribution in [3.63, 3.8) is 0 Å². The Balaban J connectivity index is 1.48. The highest BCUT2D eigenvalue weighted by molar-refractivity contribution is 8.00. The number of piperidine rings is 1. The molecule has 1 N–H and O–H groups in total. The Morgan fingerprint density at radius 2 is 1.80 bits per heavy atom. The number of anilines is 1. The molecule has 20 heavy (non-hydrogen) atoms. The number of hydrogen-bond acceptors (Lipinski definition) is 3. The Bertz CT molecular complexity index is 419. The van der Waals surface area contributed by atoms with Gasteiger partial charge in [-0.3, -0.25) is 0 Å². The summed E-state index contributed by atoms with van der Waals surface area (Å²) in [7, 11) is 0. The van der Waals surface area contributed by atoms with Gasteiger partial charge in [0.25, 0.3) is 0 Å². The van der Waals surface area contributed by atoms with E-state index in [2.05, 4.69) is 40.7 Å². The second-order valence-corrected chi connectivity index (χ2v) is 7.48. The standard InChI is InChI=1S/C17H26N2S/c1-20-17(9-10-17)14-18-13-15-5-7-16(8-6-15)19-11-3-2-4-12-19/h5-8,18H,2-4,9-14H2,1H3. The van der Waals surface area contributed by atoms with E-state index < -0.39 is 0 Å². The topological polar surface area (TPSA) is 15.3 Å². The lowest BCUT2D eigenvalue weighted by atomic mass is 10.1. The molecule has 1 aliphatic heterocycles. The highest BCUT2D eigenvalue weighted by Gasteiger charge is 2.41. The minimum Gasteiger partial charge on any atom is -0.372 e. The second-order valence-electron chi connectivity index (χ2n) is 6.20. The van der Waals surface area contributed by atoms with Crippen molar-refractivity contribution < 1.29 is 0 Å². The molecule has 3 heteroatoms. The van der Waals surface area contributed by atoms with E-state index in [-0.39, 0.29) is 0 Å². The van der Waals surface area contributed by atoms with Crippen LogP contribution in [0.25, 0.3) is 0 Å². The van der Waals surface area contributed by atoms with E-state index in [9.17, 15) is 0 Å². The Hall–Kier alpha value is -0.670. The van der Waals surface area contributed by atoms with Gasteiger partial charge >= 0.3 is 0 Å². The van der Waals surface area contributed by atoms with Gasteiger partial charge in [-0.2, -0.15) is 11.8 Å². The van der Waals surface area contributed by atoms with E-state index in [0.29, 0.717) is 4.75 Å². The first-order valence-electron chi connectivity index (χ1n) is 7.91. The van der Waals surface area contributed by atoms with Gasteiger partial charge in [-0.15, -0.1) is 0 Å². The van der Waals surface area contributed by atoms with Crippen molar-refractivity contribution in [1.29, 1.82) is 0 Å². The van der Waals surface area contributed by atoms with Gasteiger partial charge in [-0.25, -0.2) is 0 Å². The Labute approximate surface area is 127 Å². The van der Waals surface area contributed by atoms with Crippen molar-refractivity contribution in [2.24, 2.45) is 0 Å². The first kappa shape index (κ1) is 14.3. The summed E-state index contributed by atoms with van der Waals surface area (Å²) in [4.78, 5) is 2.52. The molecule has 0 radical (unpaired) electrons. The molecular formula is C17H26N2S. The van der Waals surface area contributed by atoms with Crippen molar-refractivity contribution in [2.45, 2.75) is 43.4 Å². The molecule has 2 nitrogen and oxygen atoms in total. The highest BCUT2D eigenvalue weighted by Crippen LogP contribution is 2.46. The van der Waals surface area contributed by atoms with Crippen LogP contribution in [0.4, 0.5) is 5.69 Å². The maximum absolute atomic E-state index is 3.62. The van der Waals surface area contributed by atoms with Crippen LogP contribution in [0, 0.1) is 0 Å². The molecule has 0 aromatic heterocycles. The molecule has 0 unspecified atom stereocenters. The molecular weight excluding hydrogens is 264 g/mol. The maximum atomic E-state index is 3.62. The Kier molecular flexibility index (Phi) is 4.57. The fourth-order valence-corrected chi connectivity index (χ4v) is 3.76. The summed E-state index contributed by atoms with van der Waals surface area (Å²) in [6, 6.07) is 9.17. The van der Waals surface area contributed by atoms with Crippen molar-refractivity contribution in [1.82, 2.24) is 5.32 Å². The SMILES string of the molecule is CSC1(CNCc2ccc(N3CCCCC3)cc2)CC1. The number of hydrogen-bond donors (Lipinski definition) is 1. The molecule has 0 bridgehead atoms. The van der Waals surface area contributed by atoms with Crippen LogP contribution < -0.4 is 10.2 Å². The van der Waals surface area contributed by atoms with Gasteiger partial charge < -0.3 is 10.2 Å².